The van der Waals surface area contributed by atoms with Gasteiger partial charge < -0.3 is 10.1 Å². The second-order valence-corrected chi connectivity index (χ2v) is 22.8. The summed E-state index contributed by atoms with van der Waals surface area (Å²) >= 11 is 18.7. The summed E-state index contributed by atoms with van der Waals surface area (Å²) in [6, 6.07) is 18.1. The third kappa shape index (κ3) is 11.7. The number of nitrogens with zero attached hydrogens (tertiary/aromatic N) is 11. The lowest BCUT2D eigenvalue weighted by molar-refractivity contribution is 0.153. The number of hydrogen-bond acceptors (Lipinski definition) is 15. The van der Waals surface area contributed by atoms with Crippen LogP contribution in [0.3, 0.4) is 0 Å². The minimum absolute atomic E-state index is 0.402. The van der Waals surface area contributed by atoms with Crippen molar-refractivity contribution in [2.75, 3.05) is 23.6 Å². The van der Waals surface area contributed by atoms with Gasteiger partial charge in [0.2, 0.25) is 10.3 Å². The van der Waals surface area contributed by atoms with E-state index in [0.29, 0.717) is 11.9 Å². The van der Waals surface area contributed by atoms with Crippen molar-refractivity contribution in [3.63, 3.8) is 0 Å². The van der Waals surface area contributed by atoms with E-state index in [0.717, 1.165) is 81.1 Å². The van der Waals surface area contributed by atoms with Gasteiger partial charge in [-0.05, 0) is 108 Å². The lowest BCUT2D eigenvalue weighted by Gasteiger charge is -2.22. The number of nitrogens with one attached hydrogen (secondary N) is 1. The SMILES string of the molecule is Brc1cnc2ccc(Nc3nncs3)nc2c1.C[Si](C)(C)CCOCN(c1ccc2ncc(Br)cc2n1)c1nncs1.Clc1ccc2ncc(Br)cc2n1. The molecule has 0 unspecified atom stereocenters. The van der Waals surface area contributed by atoms with Gasteiger partial charge in [-0.2, -0.15) is 0 Å². The van der Waals surface area contributed by atoms with Crippen molar-refractivity contribution in [3.05, 3.63) is 103 Å². The molecule has 8 heterocycles. The Bertz CT molecular complexity index is 2430. The molecule has 1 N–H and O–H groups in total. The maximum Gasteiger partial charge on any atom is 0.215 e. The number of rotatable bonds is 9. The Morgan fingerprint density at radius 2 is 1.28 bits per heavy atom. The summed E-state index contributed by atoms with van der Waals surface area (Å²) in [7, 11) is -1.12. The minimum atomic E-state index is -1.12. The van der Waals surface area contributed by atoms with Crippen LogP contribution in [0.5, 0.6) is 0 Å². The largest absolute Gasteiger partial charge is 0.361 e. The average Bonchev–Trinajstić information content (AvgIpc) is 3.87. The molecule has 0 bridgehead atoms. The molecule has 54 heavy (non-hydrogen) atoms. The maximum atomic E-state index is 5.92. The van der Waals surface area contributed by atoms with Gasteiger partial charge in [-0.15, -0.1) is 20.4 Å². The van der Waals surface area contributed by atoms with Crippen LogP contribution in [-0.2, 0) is 4.74 Å². The highest BCUT2D eigenvalue weighted by molar-refractivity contribution is 9.11. The van der Waals surface area contributed by atoms with E-state index in [1.54, 1.807) is 35.7 Å². The molecule has 8 rings (SSSR count). The van der Waals surface area contributed by atoms with E-state index in [1.807, 2.05) is 53.4 Å². The zero-order valence-electron chi connectivity index (χ0n) is 28.9. The molecule has 0 saturated carbocycles. The Kier molecular flexibility index (Phi) is 13.9. The molecule has 20 heteroatoms. The van der Waals surface area contributed by atoms with Crippen LogP contribution in [0.25, 0.3) is 33.1 Å². The molecule has 0 aromatic carbocycles. The number of anilines is 4. The summed E-state index contributed by atoms with van der Waals surface area (Å²) in [4.78, 5) is 28.0. The van der Waals surface area contributed by atoms with E-state index >= 15 is 0 Å². The zero-order valence-corrected chi connectivity index (χ0v) is 37.0. The summed E-state index contributed by atoms with van der Waals surface area (Å²) in [5.41, 5.74) is 8.39. The van der Waals surface area contributed by atoms with Crippen LogP contribution in [0.2, 0.25) is 30.8 Å². The van der Waals surface area contributed by atoms with Crippen molar-refractivity contribution >= 4 is 145 Å². The van der Waals surface area contributed by atoms with Crippen molar-refractivity contribution < 1.29 is 4.74 Å². The number of fused-ring (bicyclic) bond motifs is 3. The summed E-state index contributed by atoms with van der Waals surface area (Å²) < 4.78 is 8.64. The van der Waals surface area contributed by atoms with Gasteiger partial charge in [0.15, 0.2) is 0 Å². The van der Waals surface area contributed by atoms with Crippen LogP contribution >= 0.6 is 82.1 Å². The first-order chi connectivity index (χ1) is 26.0. The van der Waals surface area contributed by atoms with Gasteiger partial charge in [-0.1, -0.05) is 53.9 Å². The first-order valence-electron chi connectivity index (χ1n) is 16.1. The van der Waals surface area contributed by atoms with Gasteiger partial charge >= 0.3 is 0 Å². The third-order valence-electron chi connectivity index (χ3n) is 7.13. The lowest BCUT2D eigenvalue weighted by Crippen LogP contribution is -2.26. The molecule has 8 aromatic rings. The number of pyridine rings is 6. The molecule has 8 aromatic heterocycles. The maximum absolute atomic E-state index is 5.92. The fraction of sp³-hybridized carbons (Fsp3) is 0.176. The molecule has 0 saturated heterocycles. The molecule has 0 spiro atoms. The van der Waals surface area contributed by atoms with Crippen molar-refractivity contribution in [3.8, 4) is 0 Å². The van der Waals surface area contributed by atoms with Crippen LogP contribution in [0.4, 0.5) is 21.9 Å². The predicted molar refractivity (Wildman–Crippen MR) is 231 cm³/mol. The van der Waals surface area contributed by atoms with Crippen LogP contribution in [0.1, 0.15) is 0 Å². The first kappa shape index (κ1) is 40.0. The molecule has 0 aliphatic heterocycles. The molecule has 0 fully saturated rings. The van der Waals surface area contributed by atoms with Gasteiger partial charge in [-0.3, -0.25) is 19.9 Å². The highest BCUT2D eigenvalue weighted by atomic mass is 79.9. The average molecular weight is 990 g/mol. The molecule has 0 amide bonds. The van der Waals surface area contributed by atoms with Crippen LogP contribution in [0, 0.1) is 0 Å². The zero-order chi connectivity index (χ0) is 38.1. The minimum Gasteiger partial charge on any atom is -0.361 e. The quantitative estimate of drug-likeness (QED) is 0.0632. The normalized spacial score (nSPS) is 11.2. The number of hydrogen-bond donors (Lipinski definition) is 1. The van der Waals surface area contributed by atoms with Gasteiger partial charge in [-0.25, -0.2) is 15.0 Å². The Morgan fingerprint density at radius 1 is 0.704 bits per heavy atom. The molecular weight excluding hydrogens is 960 g/mol. The fourth-order valence-electron chi connectivity index (χ4n) is 4.51. The van der Waals surface area contributed by atoms with Gasteiger partial charge in [0.25, 0.3) is 0 Å². The molecule has 0 radical (unpaired) electrons. The van der Waals surface area contributed by atoms with Crippen LogP contribution in [0.15, 0.2) is 97.6 Å². The number of aromatic nitrogens is 10. The first-order valence-corrected chi connectivity index (χ1v) is 24.3. The topological polar surface area (TPSA) is 153 Å². The fourth-order valence-corrected chi connectivity index (χ4v) is 7.38. The smallest absolute Gasteiger partial charge is 0.215 e. The second kappa shape index (κ2) is 18.8. The van der Waals surface area contributed by atoms with Crippen molar-refractivity contribution in [1.29, 1.82) is 0 Å². The van der Waals surface area contributed by atoms with E-state index in [-0.39, 0.29) is 0 Å². The summed E-state index contributed by atoms with van der Waals surface area (Å²) in [6.45, 7) is 8.17. The van der Waals surface area contributed by atoms with E-state index in [9.17, 15) is 0 Å². The van der Waals surface area contributed by atoms with Crippen LogP contribution < -0.4 is 10.2 Å². The standard InChI is InChI=1S/C16H20BrN5OSSi.C10H6BrN5S.C8H4BrClN2/c1-25(2,3)7-6-23-11-22(16-21-19-10-24-16)15-5-4-13-14(20-15)8-12(17)9-18-13;11-6-3-8-7(12-4-6)1-2-9(14-8)15-10-16-13-5-17-10;9-5-3-7-6(11-4-5)1-2-8(10)12-7/h4-5,8-10H,6-7,11H2,1-3H3;1-5H,(H,14,15,16);1-4H. The monoisotopic (exact) mass is 986 g/mol. The predicted octanol–water partition coefficient (Wildman–Crippen LogP) is 10.7. The van der Waals surface area contributed by atoms with E-state index in [2.05, 4.69) is 118 Å². The molecule has 0 aliphatic carbocycles. The number of ether oxygens (including phenoxy) is 1. The van der Waals surface area contributed by atoms with E-state index < -0.39 is 8.07 Å². The summed E-state index contributed by atoms with van der Waals surface area (Å²) in [5, 5.41) is 20.8. The molecule has 276 valence electrons. The van der Waals surface area contributed by atoms with Gasteiger partial charge in [0.1, 0.15) is 34.5 Å². The number of halogens is 4. The lowest BCUT2D eigenvalue weighted by atomic mass is 10.3. The van der Waals surface area contributed by atoms with Crippen molar-refractivity contribution in [2.24, 2.45) is 0 Å². The summed E-state index contributed by atoms with van der Waals surface area (Å²) in [6.07, 6.45) is 5.26. The van der Waals surface area contributed by atoms with Gasteiger partial charge in [0, 0.05) is 46.7 Å². The molecular formula is C34H30Br3ClN12OS2Si. The second-order valence-electron chi connectivity index (χ2n) is 12.4. The van der Waals surface area contributed by atoms with E-state index in [4.69, 9.17) is 21.3 Å². The van der Waals surface area contributed by atoms with Crippen molar-refractivity contribution in [2.45, 2.75) is 25.7 Å². The molecule has 0 atom stereocenters. The Labute approximate surface area is 349 Å². The van der Waals surface area contributed by atoms with Crippen LogP contribution in [-0.4, -0.2) is 71.7 Å². The molecule has 13 nitrogen and oxygen atoms in total. The van der Waals surface area contributed by atoms with Gasteiger partial charge in [0.05, 0.1) is 33.1 Å². The van der Waals surface area contributed by atoms with E-state index in [1.165, 1.54) is 22.7 Å². The highest BCUT2D eigenvalue weighted by Gasteiger charge is 2.17. The summed E-state index contributed by atoms with van der Waals surface area (Å²) in [5.74, 6) is 1.51. The van der Waals surface area contributed by atoms with Crippen molar-refractivity contribution in [1.82, 2.24) is 50.3 Å². The Hall–Kier alpha value is -3.69. The Balaban J connectivity index is 0.000000148. The highest BCUT2D eigenvalue weighted by Crippen LogP contribution is 2.27. The third-order valence-corrected chi connectivity index (χ3v) is 11.7. The Morgan fingerprint density at radius 3 is 1.87 bits per heavy atom. The molecule has 0 aliphatic rings.